The molecule has 0 radical (unpaired) electrons. The Balaban J connectivity index is 2.03. The lowest BCUT2D eigenvalue weighted by Gasteiger charge is -2.14. The molecule has 1 aromatic carbocycles. The summed E-state index contributed by atoms with van der Waals surface area (Å²) < 4.78 is 15.2. The Bertz CT molecular complexity index is 569. The Labute approximate surface area is 120 Å². The SMILES string of the molecule is CCn1c(C)cc(CN[C@@H](C)c2ccc(F)cc2)c1C. The fourth-order valence-electron chi connectivity index (χ4n) is 2.67. The van der Waals surface area contributed by atoms with E-state index in [0.717, 1.165) is 18.7 Å². The molecule has 0 unspecified atom stereocenters. The predicted octanol–water partition coefficient (Wildman–Crippen LogP) is 4.11. The number of nitrogens with one attached hydrogen (secondary N) is 1. The number of hydrogen-bond acceptors (Lipinski definition) is 1. The summed E-state index contributed by atoms with van der Waals surface area (Å²) in [7, 11) is 0. The highest BCUT2D eigenvalue weighted by molar-refractivity contribution is 5.27. The van der Waals surface area contributed by atoms with Gasteiger partial charge in [-0.05, 0) is 57.0 Å². The van der Waals surface area contributed by atoms with Crippen LogP contribution in [0.3, 0.4) is 0 Å². The first kappa shape index (κ1) is 14.8. The molecule has 0 aliphatic carbocycles. The molecule has 2 aromatic rings. The normalized spacial score (nSPS) is 12.7. The summed E-state index contributed by atoms with van der Waals surface area (Å²) in [6.07, 6.45) is 0. The first-order chi connectivity index (χ1) is 9.52. The first-order valence-electron chi connectivity index (χ1n) is 7.17. The minimum atomic E-state index is -0.188. The van der Waals surface area contributed by atoms with Gasteiger partial charge in [0, 0.05) is 30.5 Å². The number of hydrogen-bond donors (Lipinski definition) is 1. The lowest BCUT2D eigenvalue weighted by atomic mass is 10.1. The fraction of sp³-hybridized carbons (Fsp3) is 0.412. The van der Waals surface area contributed by atoms with E-state index >= 15 is 0 Å². The Kier molecular flexibility index (Phi) is 4.61. The van der Waals surface area contributed by atoms with Crippen LogP contribution >= 0.6 is 0 Å². The molecule has 0 aliphatic rings. The van der Waals surface area contributed by atoms with E-state index in [9.17, 15) is 4.39 Å². The molecule has 1 atom stereocenters. The standard InChI is InChI=1S/C17H23FN2/c1-5-20-12(2)10-16(14(20)4)11-19-13(3)15-6-8-17(18)9-7-15/h6-10,13,19H,5,11H2,1-4H3/t13-/m0/s1. The largest absolute Gasteiger partial charge is 0.349 e. The van der Waals surface area contributed by atoms with Crippen LogP contribution in [-0.4, -0.2) is 4.57 Å². The summed E-state index contributed by atoms with van der Waals surface area (Å²) in [5.74, 6) is -0.188. The first-order valence-corrected chi connectivity index (χ1v) is 7.17. The zero-order valence-electron chi connectivity index (χ0n) is 12.7. The van der Waals surface area contributed by atoms with Crippen molar-refractivity contribution in [2.75, 3.05) is 0 Å². The molecule has 0 saturated heterocycles. The van der Waals surface area contributed by atoms with Gasteiger partial charge >= 0.3 is 0 Å². The minimum absolute atomic E-state index is 0.188. The summed E-state index contributed by atoms with van der Waals surface area (Å²) in [6, 6.07) is 9.14. The van der Waals surface area contributed by atoms with Crippen LogP contribution in [0.15, 0.2) is 30.3 Å². The molecule has 108 valence electrons. The molecule has 0 bridgehead atoms. The van der Waals surface area contributed by atoms with Gasteiger partial charge in [-0.3, -0.25) is 0 Å². The van der Waals surface area contributed by atoms with Crippen LogP contribution in [0.5, 0.6) is 0 Å². The van der Waals surface area contributed by atoms with Crippen molar-refractivity contribution in [3.63, 3.8) is 0 Å². The van der Waals surface area contributed by atoms with Gasteiger partial charge in [-0.2, -0.15) is 0 Å². The average Bonchev–Trinajstić information content (AvgIpc) is 2.71. The van der Waals surface area contributed by atoms with Crippen molar-refractivity contribution in [3.05, 3.63) is 58.7 Å². The maximum Gasteiger partial charge on any atom is 0.123 e. The molecule has 0 aliphatic heterocycles. The van der Waals surface area contributed by atoms with Gasteiger partial charge in [0.25, 0.3) is 0 Å². The number of halogens is 1. The van der Waals surface area contributed by atoms with Crippen molar-refractivity contribution in [2.45, 2.75) is 46.8 Å². The van der Waals surface area contributed by atoms with Crippen molar-refractivity contribution < 1.29 is 4.39 Å². The lowest BCUT2D eigenvalue weighted by Crippen LogP contribution is -2.18. The van der Waals surface area contributed by atoms with Crippen molar-refractivity contribution in [3.8, 4) is 0 Å². The quantitative estimate of drug-likeness (QED) is 0.868. The van der Waals surface area contributed by atoms with E-state index in [2.05, 4.69) is 43.6 Å². The van der Waals surface area contributed by atoms with E-state index in [1.807, 2.05) is 12.1 Å². The topological polar surface area (TPSA) is 17.0 Å². The molecular formula is C17H23FN2. The third kappa shape index (κ3) is 3.10. The molecule has 2 nitrogen and oxygen atoms in total. The van der Waals surface area contributed by atoms with Crippen LogP contribution < -0.4 is 5.32 Å². The van der Waals surface area contributed by atoms with Crippen molar-refractivity contribution in [1.29, 1.82) is 0 Å². The summed E-state index contributed by atoms with van der Waals surface area (Å²) in [5, 5.41) is 3.50. The Hall–Kier alpha value is -1.61. The summed E-state index contributed by atoms with van der Waals surface area (Å²) in [6.45, 7) is 10.4. The van der Waals surface area contributed by atoms with Crippen molar-refractivity contribution >= 4 is 0 Å². The highest BCUT2D eigenvalue weighted by atomic mass is 19.1. The van der Waals surface area contributed by atoms with Crippen molar-refractivity contribution in [2.24, 2.45) is 0 Å². The van der Waals surface area contributed by atoms with E-state index in [1.54, 1.807) is 0 Å². The van der Waals surface area contributed by atoms with Crippen LogP contribution in [-0.2, 0) is 13.1 Å². The van der Waals surface area contributed by atoms with E-state index in [-0.39, 0.29) is 11.9 Å². The Morgan fingerprint density at radius 2 is 1.85 bits per heavy atom. The van der Waals surface area contributed by atoms with E-state index in [0.29, 0.717) is 0 Å². The zero-order chi connectivity index (χ0) is 14.7. The molecule has 0 spiro atoms. The molecule has 0 amide bonds. The maximum atomic E-state index is 12.9. The Morgan fingerprint density at radius 1 is 1.20 bits per heavy atom. The van der Waals surface area contributed by atoms with Crippen LogP contribution in [0.25, 0.3) is 0 Å². The minimum Gasteiger partial charge on any atom is -0.349 e. The molecule has 3 heteroatoms. The fourth-order valence-corrected chi connectivity index (χ4v) is 2.67. The van der Waals surface area contributed by atoms with Crippen LogP contribution in [0.4, 0.5) is 4.39 Å². The van der Waals surface area contributed by atoms with Crippen LogP contribution in [0.2, 0.25) is 0 Å². The molecule has 0 saturated carbocycles. The second-order valence-corrected chi connectivity index (χ2v) is 5.29. The highest BCUT2D eigenvalue weighted by Gasteiger charge is 2.10. The van der Waals surface area contributed by atoms with Crippen LogP contribution in [0, 0.1) is 19.7 Å². The van der Waals surface area contributed by atoms with Gasteiger partial charge in [0.15, 0.2) is 0 Å². The van der Waals surface area contributed by atoms with Crippen LogP contribution in [0.1, 0.15) is 42.4 Å². The van der Waals surface area contributed by atoms with E-state index in [1.165, 1.54) is 29.1 Å². The Morgan fingerprint density at radius 3 is 2.40 bits per heavy atom. The lowest BCUT2D eigenvalue weighted by molar-refractivity contribution is 0.568. The number of aryl methyl sites for hydroxylation is 1. The molecular weight excluding hydrogens is 251 g/mol. The van der Waals surface area contributed by atoms with Gasteiger partial charge in [0.05, 0.1) is 0 Å². The summed E-state index contributed by atoms with van der Waals surface area (Å²) >= 11 is 0. The third-order valence-corrected chi connectivity index (χ3v) is 3.96. The third-order valence-electron chi connectivity index (χ3n) is 3.96. The van der Waals surface area contributed by atoms with E-state index < -0.39 is 0 Å². The van der Waals surface area contributed by atoms with Gasteiger partial charge < -0.3 is 9.88 Å². The van der Waals surface area contributed by atoms with Gasteiger partial charge in [-0.25, -0.2) is 4.39 Å². The van der Waals surface area contributed by atoms with Gasteiger partial charge in [-0.15, -0.1) is 0 Å². The molecule has 0 fully saturated rings. The number of rotatable bonds is 5. The molecule has 1 N–H and O–H groups in total. The zero-order valence-corrected chi connectivity index (χ0v) is 12.7. The van der Waals surface area contributed by atoms with Gasteiger partial charge in [-0.1, -0.05) is 12.1 Å². The second kappa shape index (κ2) is 6.23. The molecule has 20 heavy (non-hydrogen) atoms. The summed E-state index contributed by atoms with van der Waals surface area (Å²) in [5.41, 5.74) is 5.06. The molecule has 1 aromatic heterocycles. The number of nitrogens with zero attached hydrogens (tertiary/aromatic N) is 1. The monoisotopic (exact) mass is 274 g/mol. The predicted molar refractivity (Wildman–Crippen MR) is 81.2 cm³/mol. The number of benzene rings is 1. The van der Waals surface area contributed by atoms with Crippen molar-refractivity contribution in [1.82, 2.24) is 9.88 Å². The second-order valence-electron chi connectivity index (χ2n) is 5.29. The maximum absolute atomic E-state index is 12.9. The van der Waals surface area contributed by atoms with E-state index in [4.69, 9.17) is 0 Å². The summed E-state index contributed by atoms with van der Waals surface area (Å²) in [4.78, 5) is 0. The van der Waals surface area contributed by atoms with Gasteiger partial charge in [0.1, 0.15) is 5.82 Å². The molecule has 1 heterocycles. The number of aromatic nitrogens is 1. The molecule has 2 rings (SSSR count). The highest BCUT2D eigenvalue weighted by Crippen LogP contribution is 2.17. The average molecular weight is 274 g/mol. The smallest absolute Gasteiger partial charge is 0.123 e. The van der Waals surface area contributed by atoms with Gasteiger partial charge in [0.2, 0.25) is 0 Å².